The average Bonchev–Trinajstić information content (AvgIpc) is 2.61. The summed E-state index contributed by atoms with van der Waals surface area (Å²) in [6.45, 7) is -0.457. The SMILES string of the molecule is O=C(Nc1ccccc1C(F)(F)F)C(=O)N(CCO)Cc1ccccc1. The number of halogens is 3. The van der Waals surface area contributed by atoms with E-state index in [9.17, 15) is 22.8 Å². The van der Waals surface area contributed by atoms with Crippen molar-refractivity contribution in [1.29, 1.82) is 0 Å². The maximum absolute atomic E-state index is 13.0. The van der Waals surface area contributed by atoms with E-state index in [0.717, 1.165) is 22.6 Å². The summed E-state index contributed by atoms with van der Waals surface area (Å²) in [6, 6.07) is 13.1. The molecule has 0 fully saturated rings. The summed E-state index contributed by atoms with van der Waals surface area (Å²) in [5.74, 6) is -2.23. The highest BCUT2D eigenvalue weighted by Gasteiger charge is 2.34. The van der Waals surface area contributed by atoms with Crippen molar-refractivity contribution in [1.82, 2.24) is 4.90 Å². The number of amides is 2. The molecule has 0 spiro atoms. The van der Waals surface area contributed by atoms with Crippen LogP contribution >= 0.6 is 0 Å². The summed E-state index contributed by atoms with van der Waals surface area (Å²) in [4.78, 5) is 25.5. The number of carbonyl (C=O) groups excluding carboxylic acids is 2. The first-order chi connectivity index (χ1) is 12.3. The number of hydrogen-bond acceptors (Lipinski definition) is 3. The van der Waals surface area contributed by atoms with E-state index in [0.29, 0.717) is 0 Å². The minimum atomic E-state index is -4.66. The molecule has 5 nitrogen and oxygen atoms in total. The van der Waals surface area contributed by atoms with E-state index in [1.54, 1.807) is 30.3 Å². The number of alkyl halides is 3. The number of hydrogen-bond donors (Lipinski definition) is 2. The highest BCUT2D eigenvalue weighted by atomic mass is 19.4. The highest BCUT2D eigenvalue weighted by Crippen LogP contribution is 2.34. The van der Waals surface area contributed by atoms with Gasteiger partial charge in [0.2, 0.25) is 0 Å². The second-order valence-electron chi connectivity index (χ2n) is 5.43. The van der Waals surface area contributed by atoms with Crippen LogP contribution < -0.4 is 5.32 Å². The van der Waals surface area contributed by atoms with Crippen LogP contribution in [0.25, 0.3) is 0 Å². The Labute approximate surface area is 148 Å². The predicted octanol–water partition coefficient (Wildman–Crippen LogP) is 2.67. The molecule has 0 saturated heterocycles. The number of aliphatic hydroxyl groups is 1. The van der Waals surface area contributed by atoms with Crippen LogP contribution in [0, 0.1) is 0 Å². The average molecular weight is 366 g/mol. The van der Waals surface area contributed by atoms with Gasteiger partial charge in [0.25, 0.3) is 0 Å². The normalized spacial score (nSPS) is 11.1. The summed E-state index contributed by atoms with van der Waals surface area (Å²) in [6.07, 6.45) is -4.66. The van der Waals surface area contributed by atoms with Crippen LogP contribution in [0.15, 0.2) is 54.6 Å². The van der Waals surface area contributed by atoms with Crippen molar-refractivity contribution in [2.75, 3.05) is 18.5 Å². The standard InChI is InChI=1S/C18H17F3N2O3/c19-18(20,21)14-8-4-5-9-15(14)22-16(25)17(26)23(10-11-24)12-13-6-2-1-3-7-13/h1-9,24H,10-12H2,(H,22,25). The van der Waals surface area contributed by atoms with E-state index in [2.05, 4.69) is 0 Å². The van der Waals surface area contributed by atoms with Gasteiger partial charge in [-0.15, -0.1) is 0 Å². The van der Waals surface area contributed by atoms with Gasteiger partial charge in [0.15, 0.2) is 0 Å². The molecule has 0 bridgehead atoms. The first kappa shape index (κ1) is 19.5. The first-order valence-corrected chi connectivity index (χ1v) is 7.74. The number of nitrogens with zero attached hydrogens (tertiary/aromatic N) is 1. The van der Waals surface area contributed by atoms with Crippen LogP contribution in [0.1, 0.15) is 11.1 Å². The summed E-state index contributed by atoms with van der Waals surface area (Å²) in [5, 5.41) is 11.1. The van der Waals surface area contributed by atoms with Crippen molar-refractivity contribution < 1.29 is 27.9 Å². The molecule has 0 aliphatic rings. The van der Waals surface area contributed by atoms with Crippen LogP contribution in [0.3, 0.4) is 0 Å². The molecule has 0 saturated carbocycles. The van der Waals surface area contributed by atoms with Gasteiger partial charge >= 0.3 is 18.0 Å². The van der Waals surface area contributed by atoms with E-state index in [-0.39, 0.29) is 19.7 Å². The van der Waals surface area contributed by atoms with Crippen LogP contribution in [0.4, 0.5) is 18.9 Å². The quantitative estimate of drug-likeness (QED) is 0.800. The Morgan fingerprint density at radius 3 is 2.23 bits per heavy atom. The molecule has 2 amide bonds. The molecule has 2 N–H and O–H groups in total. The largest absolute Gasteiger partial charge is 0.418 e. The minimum absolute atomic E-state index is 0.0502. The molecule has 0 unspecified atom stereocenters. The van der Waals surface area contributed by atoms with Crippen molar-refractivity contribution >= 4 is 17.5 Å². The molecule has 8 heteroatoms. The van der Waals surface area contributed by atoms with Crippen molar-refractivity contribution in [2.45, 2.75) is 12.7 Å². The van der Waals surface area contributed by atoms with Gasteiger partial charge in [-0.3, -0.25) is 9.59 Å². The topological polar surface area (TPSA) is 69.6 Å². The Morgan fingerprint density at radius 2 is 1.62 bits per heavy atom. The lowest BCUT2D eigenvalue weighted by Crippen LogP contribution is -2.41. The van der Waals surface area contributed by atoms with Gasteiger partial charge in [-0.25, -0.2) is 0 Å². The van der Waals surface area contributed by atoms with E-state index in [1.807, 2.05) is 5.32 Å². The monoisotopic (exact) mass is 366 g/mol. The summed E-state index contributed by atoms with van der Waals surface area (Å²) >= 11 is 0. The molecule has 0 radical (unpaired) electrons. The zero-order valence-corrected chi connectivity index (χ0v) is 13.7. The molecule has 0 aliphatic carbocycles. The van der Waals surface area contributed by atoms with Crippen molar-refractivity contribution in [3.8, 4) is 0 Å². The Bertz CT molecular complexity index is 764. The highest BCUT2D eigenvalue weighted by molar-refractivity contribution is 6.39. The summed E-state index contributed by atoms with van der Waals surface area (Å²) in [5.41, 5.74) is -0.822. The van der Waals surface area contributed by atoms with Gasteiger partial charge in [0.1, 0.15) is 0 Å². The summed E-state index contributed by atoms with van der Waals surface area (Å²) < 4.78 is 39.0. The fourth-order valence-corrected chi connectivity index (χ4v) is 2.34. The Balaban J connectivity index is 2.16. The fraction of sp³-hybridized carbons (Fsp3) is 0.222. The Hall–Kier alpha value is -2.87. The van der Waals surface area contributed by atoms with Gasteiger partial charge in [-0.05, 0) is 17.7 Å². The number of rotatable bonds is 5. The molecule has 2 aromatic rings. The van der Waals surface area contributed by atoms with E-state index >= 15 is 0 Å². The van der Waals surface area contributed by atoms with Gasteiger partial charge in [0.05, 0.1) is 17.9 Å². The smallest absolute Gasteiger partial charge is 0.395 e. The van der Waals surface area contributed by atoms with Gasteiger partial charge in [-0.2, -0.15) is 13.2 Å². The fourth-order valence-electron chi connectivity index (χ4n) is 2.34. The number of nitrogens with one attached hydrogen (secondary N) is 1. The van der Waals surface area contributed by atoms with E-state index in [4.69, 9.17) is 5.11 Å². The molecule has 0 aromatic heterocycles. The lowest BCUT2D eigenvalue weighted by atomic mass is 10.1. The molecular formula is C18H17F3N2O3. The maximum atomic E-state index is 13.0. The number of anilines is 1. The third-order valence-electron chi connectivity index (χ3n) is 3.55. The maximum Gasteiger partial charge on any atom is 0.418 e. The summed E-state index contributed by atoms with van der Waals surface area (Å²) in [7, 11) is 0. The first-order valence-electron chi connectivity index (χ1n) is 7.74. The van der Waals surface area contributed by atoms with Crippen LogP contribution in [-0.2, 0) is 22.3 Å². The predicted molar refractivity (Wildman–Crippen MR) is 89.0 cm³/mol. The number of para-hydroxylation sites is 1. The third-order valence-corrected chi connectivity index (χ3v) is 3.55. The second kappa shape index (κ2) is 8.48. The van der Waals surface area contributed by atoms with Gasteiger partial charge in [0, 0.05) is 13.1 Å². The van der Waals surface area contributed by atoms with Crippen LogP contribution in [-0.4, -0.2) is 35.0 Å². The second-order valence-corrected chi connectivity index (χ2v) is 5.43. The minimum Gasteiger partial charge on any atom is -0.395 e. The number of aliphatic hydroxyl groups excluding tert-OH is 1. The van der Waals surface area contributed by atoms with Gasteiger partial charge < -0.3 is 15.3 Å². The van der Waals surface area contributed by atoms with E-state index in [1.165, 1.54) is 12.1 Å². The van der Waals surface area contributed by atoms with Crippen LogP contribution in [0.5, 0.6) is 0 Å². The third kappa shape index (κ3) is 5.06. The number of carbonyl (C=O) groups is 2. The Morgan fingerprint density at radius 1 is 1.00 bits per heavy atom. The van der Waals surface area contributed by atoms with Crippen molar-refractivity contribution in [3.05, 3.63) is 65.7 Å². The number of benzene rings is 2. The van der Waals surface area contributed by atoms with Gasteiger partial charge in [-0.1, -0.05) is 42.5 Å². The van der Waals surface area contributed by atoms with E-state index < -0.39 is 29.2 Å². The molecule has 0 atom stereocenters. The Kier molecular flexibility index (Phi) is 6.35. The molecule has 138 valence electrons. The zero-order valence-electron chi connectivity index (χ0n) is 13.7. The molecule has 2 aromatic carbocycles. The molecule has 0 heterocycles. The molecule has 26 heavy (non-hydrogen) atoms. The lowest BCUT2D eigenvalue weighted by Gasteiger charge is -2.22. The van der Waals surface area contributed by atoms with Crippen molar-refractivity contribution in [3.63, 3.8) is 0 Å². The zero-order chi connectivity index (χ0) is 19.2. The van der Waals surface area contributed by atoms with Crippen molar-refractivity contribution in [2.24, 2.45) is 0 Å². The molecule has 2 rings (SSSR count). The molecular weight excluding hydrogens is 349 g/mol. The molecule has 0 aliphatic heterocycles. The lowest BCUT2D eigenvalue weighted by molar-refractivity contribution is -0.144. The van der Waals surface area contributed by atoms with Crippen LogP contribution in [0.2, 0.25) is 0 Å².